The number of aromatic nitrogens is 1. The van der Waals surface area contributed by atoms with Crippen LogP contribution in [0.15, 0.2) is 18.3 Å². The molecule has 2 amide bonds. The Morgan fingerprint density at radius 1 is 1.28 bits per heavy atom. The summed E-state index contributed by atoms with van der Waals surface area (Å²) in [6.07, 6.45) is 3.89. The first kappa shape index (κ1) is 22.0. The molecule has 2 fully saturated rings. The first-order chi connectivity index (χ1) is 14.1. The predicted molar refractivity (Wildman–Crippen MR) is 112 cm³/mol. The summed E-state index contributed by atoms with van der Waals surface area (Å²) in [5, 5.41) is 3.39. The molecule has 2 aliphatic heterocycles. The number of hydrogen-bond acceptors (Lipinski definition) is 5. The topological polar surface area (TPSA) is 74.8 Å². The molecule has 0 unspecified atom stereocenters. The second-order valence-electron chi connectivity index (χ2n) is 7.84. The van der Waals surface area contributed by atoms with Crippen molar-refractivity contribution in [3.05, 3.63) is 29.0 Å². The van der Waals surface area contributed by atoms with Gasteiger partial charge in [0.2, 0.25) is 5.91 Å². The molecule has 2 atom stereocenters. The van der Waals surface area contributed by atoms with Gasteiger partial charge in [-0.3, -0.25) is 14.5 Å². The van der Waals surface area contributed by atoms with Gasteiger partial charge in [-0.1, -0.05) is 24.9 Å². The highest BCUT2D eigenvalue weighted by atomic mass is 35.5. The van der Waals surface area contributed by atoms with E-state index in [1.807, 2.05) is 4.90 Å². The molecule has 3 rings (SSSR count). The van der Waals surface area contributed by atoms with E-state index in [1.165, 1.54) is 0 Å². The summed E-state index contributed by atoms with van der Waals surface area (Å²) in [6, 6.07) is 3.31. The van der Waals surface area contributed by atoms with Crippen molar-refractivity contribution in [1.29, 1.82) is 0 Å². The summed E-state index contributed by atoms with van der Waals surface area (Å²) in [5.74, 6) is 0.743. The number of pyridine rings is 1. The number of carbonyl (C=O) groups is 2. The largest absolute Gasteiger partial charge is 0.379 e. The second-order valence-corrected chi connectivity index (χ2v) is 8.23. The predicted octanol–water partition coefficient (Wildman–Crippen LogP) is 2.06. The van der Waals surface area contributed by atoms with Gasteiger partial charge in [-0.25, -0.2) is 4.98 Å². The van der Waals surface area contributed by atoms with Crippen LogP contribution in [0.2, 0.25) is 5.15 Å². The molecule has 0 aromatic carbocycles. The van der Waals surface area contributed by atoms with Crippen LogP contribution in [0.5, 0.6) is 0 Å². The summed E-state index contributed by atoms with van der Waals surface area (Å²) in [4.78, 5) is 33.3. The summed E-state index contributed by atoms with van der Waals surface area (Å²) in [6.45, 7) is 8.44. The first-order valence-corrected chi connectivity index (χ1v) is 10.9. The molecule has 0 saturated carbocycles. The van der Waals surface area contributed by atoms with Crippen LogP contribution in [0, 0.1) is 11.8 Å². The van der Waals surface area contributed by atoms with Gasteiger partial charge in [-0.2, -0.15) is 0 Å². The number of morpholine rings is 1. The summed E-state index contributed by atoms with van der Waals surface area (Å²) in [7, 11) is 0. The zero-order valence-corrected chi connectivity index (χ0v) is 17.9. The lowest BCUT2D eigenvalue weighted by Crippen LogP contribution is -2.45. The lowest BCUT2D eigenvalue weighted by Gasteiger charge is -2.38. The quantitative estimate of drug-likeness (QED) is 0.681. The average Bonchev–Trinajstić information content (AvgIpc) is 2.74. The third-order valence-corrected chi connectivity index (χ3v) is 6.18. The number of amides is 2. The normalized spacial score (nSPS) is 23.0. The molecule has 29 heavy (non-hydrogen) atoms. The van der Waals surface area contributed by atoms with Gasteiger partial charge in [0.15, 0.2) is 0 Å². The molecule has 1 N–H and O–H groups in total. The molecule has 0 spiro atoms. The number of rotatable bonds is 7. The average molecular weight is 423 g/mol. The number of halogens is 1. The Kier molecular flexibility index (Phi) is 8.27. The van der Waals surface area contributed by atoms with E-state index >= 15 is 0 Å². The zero-order valence-electron chi connectivity index (χ0n) is 17.1. The molecule has 1 aromatic rings. The number of nitrogens with one attached hydrogen (secondary N) is 1. The van der Waals surface area contributed by atoms with E-state index in [9.17, 15) is 9.59 Å². The minimum absolute atomic E-state index is 0.0128. The highest BCUT2D eigenvalue weighted by Crippen LogP contribution is 2.30. The van der Waals surface area contributed by atoms with Gasteiger partial charge in [0.25, 0.3) is 5.91 Å². The van der Waals surface area contributed by atoms with Crippen molar-refractivity contribution in [2.24, 2.45) is 11.8 Å². The van der Waals surface area contributed by atoms with Crippen molar-refractivity contribution in [2.45, 2.75) is 26.2 Å². The van der Waals surface area contributed by atoms with Gasteiger partial charge < -0.3 is 15.0 Å². The van der Waals surface area contributed by atoms with Crippen LogP contribution in [0.4, 0.5) is 0 Å². The maximum Gasteiger partial charge on any atom is 0.254 e. The Balaban J connectivity index is 1.45. The fourth-order valence-electron chi connectivity index (χ4n) is 4.20. The van der Waals surface area contributed by atoms with Crippen LogP contribution in [-0.4, -0.2) is 79.1 Å². The number of carbonyl (C=O) groups excluding carboxylic acids is 2. The summed E-state index contributed by atoms with van der Waals surface area (Å²) in [5.41, 5.74) is 0.569. The molecule has 0 radical (unpaired) electrons. The highest BCUT2D eigenvalue weighted by Gasteiger charge is 2.32. The van der Waals surface area contributed by atoms with Gasteiger partial charge in [0.1, 0.15) is 5.15 Å². The van der Waals surface area contributed by atoms with E-state index in [0.717, 1.165) is 45.7 Å². The van der Waals surface area contributed by atoms with E-state index in [4.69, 9.17) is 16.3 Å². The van der Waals surface area contributed by atoms with Gasteiger partial charge in [-0.15, -0.1) is 0 Å². The van der Waals surface area contributed by atoms with E-state index in [2.05, 4.69) is 22.1 Å². The Morgan fingerprint density at radius 2 is 2.07 bits per heavy atom. The fraction of sp³-hybridized carbons (Fsp3) is 0.667. The van der Waals surface area contributed by atoms with Crippen molar-refractivity contribution in [3.8, 4) is 0 Å². The summed E-state index contributed by atoms with van der Waals surface area (Å²) < 4.78 is 5.34. The van der Waals surface area contributed by atoms with E-state index in [-0.39, 0.29) is 11.8 Å². The minimum Gasteiger partial charge on any atom is -0.379 e. The molecule has 2 saturated heterocycles. The SMILES string of the molecule is CC[C@H]1CN(C(=O)c2ccnc(Cl)c2)CC[C@H]1CC(=O)NCCN1CCOCC1. The molecule has 2 aliphatic rings. The monoisotopic (exact) mass is 422 g/mol. The standard InChI is InChI=1S/C21H31ClN4O3/c1-2-16-15-26(21(28)18-3-5-23-19(22)13-18)7-4-17(16)14-20(27)24-6-8-25-9-11-29-12-10-25/h3,5,13,16-17H,2,4,6-12,14-15H2,1H3,(H,24,27)/t16-,17-/m0/s1. The van der Waals surface area contributed by atoms with Crippen LogP contribution in [-0.2, 0) is 9.53 Å². The van der Waals surface area contributed by atoms with Crippen LogP contribution in [0.25, 0.3) is 0 Å². The molecule has 1 aromatic heterocycles. The highest BCUT2D eigenvalue weighted by molar-refractivity contribution is 6.29. The number of likely N-dealkylation sites (tertiary alicyclic amines) is 1. The summed E-state index contributed by atoms with van der Waals surface area (Å²) >= 11 is 5.92. The maximum absolute atomic E-state index is 12.8. The molecular weight excluding hydrogens is 392 g/mol. The lowest BCUT2D eigenvalue weighted by atomic mass is 9.81. The molecule has 0 bridgehead atoms. The molecule has 8 heteroatoms. The maximum atomic E-state index is 12.8. The molecule has 3 heterocycles. The first-order valence-electron chi connectivity index (χ1n) is 10.5. The van der Waals surface area contributed by atoms with Gasteiger partial charge in [-0.05, 0) is 30.4 Å². The molecule has 160 valence electrons. The van der Waals surface area contributed by atoms with Crippen LogP contribution < -0.4 is 5.32 Å². The van der Waals surface area contributed by atoms with Crippen LogP contribution in [0.3, 0.4) is 0 Å². The second kappa shape index (κ2) is 10.9. The Hall–Kier alpha value is -1.70. The number of ether oxygens (including phenoxy) is 1. The van der Waals surface area contributed by atoms with Crippen molar-refractivity contribution in [3.63, 3.8) is 0 Å². The zero-order chi connectivity index (χ0) is 20.6. The van der Waals surface area contributed by atoms with E-state index in [0.29, 0.717) is 48.6 Å². The molecular formula is C21H31ClN4O3. The van der Waals surface area contributed by atoms with E-state index in [1.54, 1.807) is 18.3 Å². The molecule has 7 nitrogen and oxygen atoms in total. The molecule has 0 aliphatic carbocycles. The van der Waals surface area contributed by atoms with Crippen molar-refractivity contribution in [1.82, 2.24) is 20.1 Å². The lowest BCUT2D eigenvalue weighted by molar-refractivity contribution is -0.122. The third kappa shape index (κ3) is 6.39. The smallest absolute Gasteiger partial charge is 0.254 e. The van der Waals surface area contributed by atoms with Gasteiger partial charge >= 0.3 is 0 Å². The van der Waals surface area contributed by atoms with Gasteiger partial charge in [0.05, 0.1) is 13.2 Å². The Labute approximate surface area is 177 Å². The number of hydrogen-bond donors (Lipinski definition) is 1. The van der Waals surface area contributed by atoms with E-state index < -0.39 is 0 Å². The van der Waals surface area contributed by atoms with Crippen LogP contribution >= 0.6 is 11.6 Å². The Bertz CT molecular complexity index is 696. The Morgan fingerprint density at radius 3 is 2.79 bits per heavy atom. The minimum atomic E-state index is -0.0128. The third-order valence-electron chi connectivity index (χ3n) is 5.98. The van der Waals surface area contributed by atoms with Gasteiger partial charge in [0, 0.05) is 57.4 Å². The van der Waals surface area contributed by atoms with Crippen molar-refractivity contribution >= 4 is 23.4 Å². The van der Waals surface area contributed by atoms with Crippen molar-refractivity contribution in [2.75, 3.05) is 52.5 Å². The van der Waals surface area contributed by atoms with Crippen molar-refractivity contribution < 1.29 is 14.3 Å². The fourth-order valence-corrected chi connectivity index (χ4v) is 4.38. The van der Waals surface area contributed by atoms with Crippen LogP contribution in [0.1, 0.15) is 36.5 Å². The number of nitrogens with zero attached hydrogens (tertiary/aromatic N) is 3. The number of piperidine rings is 1.